The number of benzene rings is 1. The zero-order chi connectivity index (χ0) is 17.3. The molecule has 0 aliphatic carbocycles. The first-order valence-electron chi connectivity index (χ1n) is 8.37. The zero-order valence-corrected chi connectivity index (χ0v) is 20.1. The maximum Gasteiger partial charge on any atom is 1.00 e. The second-order valence-corrected chi connectivity index (χ2v) is 7.43. The van der Waals surface area contributed by atoms with Crippen molar-refractivity contribution in [2.45, 2.75) is 24.8 Å². The second-order valence-electron chi connectivity index (χ2n) is 6.58. The van der Waals surface area contributed by atoms with Gasteiger partial charge in [-0.1, -0.05) is 36.9 Å². The smallest absolute Gasteiger partial charge is 0.680 e. The third-order valence-electron chi connectivity index (χ3n) is 4.91. The fourth-order valence-electron chi connectivity index (χ4n) is 3.11. The van der Waals surface area contributed by atoms with Crippen LogP contribution in [0.1, 0.15) is 12.5 Å². The van der Waals surface area contributed by atoms with Gasteiger partial charge in [0.15, 0.2) is 0 Å². The van der Waals surface area contributed by atoms with E-state index in [1.54, 1.807) is 11.8 Å². The number of hydrogen-bond acceptors (Lipinski definition) is 3. The normalized spacial score (nSPS) is 19.4. The van der Waals surface area contributed by atoms with E-state index in [-0.39, 0.29) is 51.4 Å². The summed E-state index contributed by atoms with van der Waals surface area (Å²) >= 11 is 1.78. The Bertz CT molecular complexity index is 724. The van der Waals surface area contributed by atoms with Crippen molar-refractivity contribution in [1.82, 2.24) is 9.80 Å². The van der Waals surface area contributed by atoms with Gasteiger partial charge in [-0.3, -0.25) is 0 Å². The first-order chi connectivity index (χ1) is 11.5. The van der Waals surface area contributed by atoms with E-state index in [0.717, 1.165) is 18.8 Å². The van der Waals surface area contributed by atoms with Gasteiger partial charge in [-0.25, -0.2) is 0 Å². The van der Waals surface area contributed by atoms with Gasteiger partial charge < -0.3 is 15.1 Å². The van der Waals surface area contributed by atoms with Crippen LogP contribution in [0.4, 0.5) is 5.69 Å². The molecule has 3 nitrogen and oxygen atoms in total. The molecule has 1 atom stereocenters. The van der Waals surface area contributed by atoms with E-state index in [9.17, 15) is 0 Å². The number of rotatable bonds is 4. The third kappa shape index (κ3) is 4.76. The van der Waals surface area contributed by atoms with Crippen molar-refractivity contribution in [3.05, 3.63) is 64.3 Å². The molecule has 0 saturated carbocycles. The number of likely N-dealkylation sites (N-methyl/N-ethyl adjacent to an activating group) is 2. The van der Waals surface area contributed by atoms with Gasteiger partial charge in [0.2, 0.25) is 0 Å². The summed E-state index contributed by atoms with van der Waals surface area (Å²) in [7, 11) is 4.32. The van der Waals surface area contributed by atoms with Crippen LogP contribution in [0.5, 0.6) is 0 Å². The Kier molecular flexibility index (Phi) is 7.74. The number of allylic oxidation sites excluding steroid dienone is 1. The molecule has 128 valence electrons. The van der Waals surface area contributed by atoms with Crippen LogP contribution < -0.4 is 51.4 Å². The van der Waals surface area contributed by atoms with Crippen LogP contribution in [0.3, 0.4) is 0 Å². The van der Waals surface area contributed by atoms with Crippen molar-refractivity contribution < 1.29 is 51.4 Å². The van der Waals surface area contributed by atoms with Crippen molar-refractivity contribution in [2.75, 3.05) is 33.4 Å². The largest absolute Gasteiger partial charge is 1.00 e. The molecule has 0 amide bonds. The molecule has 1 aromatic rings. The number of hydrogen-bond donors (Lipinski definition) is 0. The fourth-order valence-corrected chi connectivity index (χ4v) is 3.74. The monoisotopic (exact) mass is 379 g/mol. The first-order valence-corrected chi connectivity index (χ1v) is 9.60. The van der Waals surface area contributed by atoms with E-state index in [0.29, 0.717) is 6.04 Å². The van der Waals surface area contributed by atoms with E-state index in [1.165, 1.54) is 27.4 Å². The van der Waals surface area contributed by atoms with Crippen LogP contribution >= 0.6 is 11.8 Å². The quantitative estimate of drug-likeness (QED) is 0.587. The van der Waals surface area contributed by atoms with Crippen LogP contribution in [-0.2, 0) is 0 Å². The predicted molar refractivity (Wildman–Crippen MR) is 105 cm³/mol. The minimum Gasteiger partial charge on any atom is -0.680 e. The molecule has 0 fully saturated rings. The Labute approximate surface area is 199 Å². The maximum atomic E-state index is 4.83. The van der Waals surface area contributed by atoms with Gasteiger partial charge in [-0.05, 0) is 43.0 Å². The van der Waals surface area contributed by atoms with Gasteiger partial charge in [-0.2, -0.15) is 0 Å². The summed E-state index contributed by atoms with van der Waals surface area (Å²) in [5.41, 5.74) is 6.37. The molecule has 25 heavy (non-hydrogen) atoms. The topological polar surface area (TPSA) is 20.6 Å². The van der Waals surface area contributed by atoms with Crippen molar-refractivity contribution in [3.8, 4) is 0 Å². The van der Waals surface area contributed by atoms with Crippen LogP contribution in [0.2, 0.25) is 0 Å². The van der Waals surface area contributed by atoms with Gasteiger partial charge in [0.05, 0.1) is 0 Å². The average Bonchev–Trinajstić information content (AvgIpc) is 2.58. The molecule has 1 aromatic carbocycles. The Morgan fingerprint density at radius 1 is 1.28 bits per heavy atom. The summed E-state index contributed by atoms with van der Waals surface area (Å²) in [6, 6.07) is 6.90. The fraction of sp³-hybridized carbons (Fsp3) is 0.400. The summed E-state index contributed by atoms with van der Waals surface area (Å²) in [5, 5.41) is 4.83. The molecule has 0 bridgehead atoms. The van der Waals surface area contributed by atoms with Gasteiger partial charge in [0, 0.05) is 37.3 Å². The Hall–Kier alpha value is -0.174. The summed E-state index contributed by atoms with van der Waals surface area (Å²) in [5.74, 6) is 0. The zero-order valence-electron chi connectivity index (χ0n) is 16.2. The Balaban J connectivity index is 0.00000225. The van der Waals surface area contributed by atoms with Crippen molar-refractivity contribution in [2.24, 2.45) is 0 Å². The molecular formula is C20H26KN3S. The van der Waals surface area contributed by atoms with Gasteiger partial charge in [0.1, 0.15) is 0 Å². The molecule has 2 aliphatic rings. The average molecular weight is 380 g/mol. The predicted octanol–water partition coefficient (Wildman–Crippen LogP) is 1.70. The van der Waals surface area contributed by atoms with Crippen LogP contribution in [-0.4, -0.2) is 49.3 Å². The van der Waals surface area contributed by atoms with Gasteiger partial charge in [-0.15, -0.1) is 17.4 Å². The number of nitrogens with zero attached hydrogens (tertiary/aromatic N) is 3. The summed E-state index contributed by atoms with van der Waals surface area (Å²) in [4.78, 5) is 5.96. The van der Waals surface area contributed by atoms with E-state index >= 15 is 0 Å². The number of aryl methyl sites for hydroxylation is 1. The molecule has 0 saturated heterocycles. The van der Waals surface area contributed by atoms with E-state index < -0.39 is 0 Å². The molecule has 1 unspecified atom stereocenters. The molecule has 0 aromatic heterocycles. The second kappa shape index (κ2) is 9.15. The molecule has 0 N–H and O–H groups in total. The molecule has 0 radical (unpaired) electrons. The van der Waals surface area contributed by atoms with Crippen molar-refractivity contribution >= 4 is 17.4 Å². The minimum atomic E-state index is 0. The Morgan fingerprint density at radius 3 is 2.76 bits per heavy atom. The summed E-state index contributed by atoms with van der Waals surface area (Å²) < 4.78 is 0. The molecule has 2 heterocycles. The Morgan fingerprint density at radius 2 is 2.04 bits per heavy atom. The number of thioether (sulfide) groups is 1. The molecule has 0 spiro atoms. The van der Waals surface area contributed by atoms with Crippen molar-refractivity contribution in [3.63, 3.8) is 0 Å². The van der Waals surface area contributed by atoms with Crippen LogP contribution in [0.25, 0.3) is 5.32 Å². The van der Waals surface area contributed by atoms with Crippen molar-refractivity contribution in [1.29, 1.82) is 0 Å². The maximum absolute atomic E-state index is 4.83. The van der Waals surface area contributed by atoms with E-state index in [4.69, 9.17) is 5.32 Å². The van der Waals surface area contributed by atoms with Crippen LogP contribution in [0, 0.1) is 6.92 Å². The van der Waals surface area contributed by atoms with Gasteiger partial charge in [0.25, 0.3) is 0 Å². The van der Waals surface area contributed by atoms with Gasteiger partial charge >= 0.3 is 51.4 Å². The summed E-state index contributed by atoms with van der Waals surface area (Å²) in [6.07, 6.45) is 8.95. The van der Waals surface area contributed by atoms with E-state index in [2.05, 4.69) is 80.4 Å². The van der Waals surface area contributed by atoms with E-state index in [1.807, 2.05) is 0 Å². The molecular weight excluding hydrogens is 353 g/mol. The minimum absolute atomic E-state index is 0. The standard InChI is InChI=1S/C20H26N3S.K/c1-14-6-9-17(10-20(14)24-5)21-12-18-11-19-16(13-22(18)3)8-7-15(2)23(19)4;/h6-11,15H,12-13H2,1-5H3;/q-1;+1. The third-order valence-corrected chi connectivity index (χ3v) is 5.79. The molecule has 5 heteroatoms. The molecule has 2 aliphatic heterocycles. The summed E-state index contributed by atoms with van der Waals surface area (Å²) in [6.45, 7) is 6.05. The molecule has 3 rings (SSSR count). The first kappa shape index (κ1) is 21.1. The van der Waals surface area contributed by atoms with Crippen LogP contribution in [0.15, 0.2) is 58.3 Å². The SMILES string of the molecule is CSc1cc([N-]CC2=CC3=C(C=CC(C)N3C)CN2C)ccc1C.[K+].